The monoisotopic (exact) mass is 295 g/mol. The SMILES string of the molecule is COCCNC(=O)CNC(=O)c1csc(C#CCN)c1. The number of ether oxygens (including phenoxy) is 1. The minimum atomic E-state index is -0.302. The van der Waals surface area contributed by atoms with E-state index in [1.807, 2.05) is 0 Å². The van der Waals surface area contributed by atoms with E-state index >= 15 is 0 Å². The van der Waals surface area contributed by atoms with Crippen molar-refractivity contribution in [2.75, 3.05) is 33.4 Å². The van der Waals surface area contributed by atoms with Crippen LogP contribution >= 0.6 is 11.3 Å². The molecule has 4 N–H and O–H groups in total. The maximum Gasteiger partial charge on any atom is 0.252 e. The molecule has 0 aliphatic rings. The standard InChI is InChI=1S/C13H17N3O3S/c1-19-6-5-15-12(17)8-16-13(18)10-7-11(20-9-10)3-2-4-14/h7,9H,4-6,8,14H2,1H3,(H,15,17)(H,16,18). The summed E-state index contributed by atoms with van der Waals surface area (Å²) in [5, 5.41) is 6.84. The normalized spacial score (nSPS) is 9.50. The predicted octanol–water partition coefficient (Wildman–Crippen LogP) is -0.449. The molecule has 1 aromatic rings. The lowest BCUT2D eigenvalue weighted by Crippen LogP contribution is -2.38. The zero-order valence-electron chi connectivity index (χ0n) is 11.2. The van der Waals surface area contributed by atoms with Gasteiger partial charge in [-0.05, 0) is 6.07 Å². The predicted molar refractivity (Wildman–Crippen MR) is 77.5 cm³/mol. The number of amides is 2. The molecule has 0 aromatic carbocycles. The van der Waals surface area contributed by atoms with Gasteiger partial charge in [0.1, 0.15) is 0 Å². The van der Waals surface area contributed by atoms with Crippen LogP contribution in [-0.4, -0.2) is 45.2 Å². The zero-order valence-corrected chi connectivity index (χ0v) is 12.0. The van der Waals surface area contributed by atoms with Crippen molar-refractivity contribution in [2.24, 2.45) is 5.73 Å². The molecule has 1 aromatic heterocycles. The van der Waals surface area contributed by atoms with E-state index in [-0.39, 0.29) is 24.9 Å². The van der Waals surface area contributed by atoms with Crippen molar-refractivity contribution in [1.29, 1.82) is 0 Å². The van der Waals surface area contributed by atoms with Crippen LogP contribution in [0.5, 0.6) is 0 Å². The summed E-state index contributed by atoms with van der Waals surface area (Å²) in [6, 6.07) is 1.67. The first-order valence-corrected chi connectivity index (χ1v) is 6.86. The zero-order chi connectivity index (χ0) is 14.8. The summed E-state index contributed by atoms with van der Waals surface area (Å²) in [5.41, 5.74) is 5.76. The first kappa shape index (κ1) is 16.2. The number of rotatable bonds is 6. The molecular formula is C13H17N3O3S. The summed E-state index contributed by atoms with van der Waals surface area (Å²) in [5.74, 6) is 5.01. The Kier molecular flexibility index (Phi) is 7.35. The van der Waals surface area contributed by atoms with Crippen LogP contribution in [0.25, 0.3) is 0 Å². The van der Waals surface area contributed by atoms with E-state index < -0.39 is 0 Å². The third-order valence-corrected chi connectivity index (χ3v) is 3.06. The molecule has 7 heteroatoms. The Bertz CT molecular complexity index is 516. The number of carbonyl (C=O) groups excluding carboxylic acids is 2. The fourth-order valence-electron chi connectivity index (χ4n) is 1.28. The summed E-state index contributed by atoms with van der Waals surface area (Å²) in [6.45, 7) is 1.07. The van der Waals surface area contributed by atoms with Gasteiger partial charge in [-0.2, -0.15) is 0 Å². The Morgan fingerprint density at radius 3 is 2.95 bits per heavy atom. The van der Waals surface area contributed by atoms with Crippen molar-refractivity contribution in [2.45, 2.75) is 0 Å². The largest absolute Gasteiger partial charge is 0.383 e. The Balaban J connectivity index is 2.39. The number of nitrogens with two attached hydrogens (primary N) is 1. The molecule has 0 aliphatic carbocycles. The van der Waals surface area contributed by atoms with Crippen molar-refractivity contribution in [1.82, 2.24) is 10.6 Å². The van der Waals surface area contributed by atoms with Gasteiger partial charge in [0.15, 0.2) is 0 Å². The van der Waals surface area contributed by atoms with E-state index in [9.17, 15) is 9.59 Å². The molecule has 0 atom stereocenters. The fourth-order valence-corrected chi connectivity index (χ4v) is 2.03. The fraction of sp³-hybridized carbons (Fsp3) is 0.385. The van der Waals surface area contributed by atoms with Gasteiger partial charge in [0.2, 0.25) is 5.91 Å². The van der Waals surface area contributed by atoms with Crippen LogP contribution in [0.4, 0.5) is 0 Å². The molecule has 0 saturated carbocycles. The minimum absolute atomic E-state index is 0.0673. The average molecular weight is 295 g/mol. The number of hydrogen-bond donors (Lipinski definition) is 3. The van der Waals surface area contributed by atoms with Crippen LogP contribution in [0.2, 0.25) is 0 Å². The Labute approximate surface area is 121 Å². The van der Waals surface area contributed by atoms with E-state index in [1.54, 1.807) is 18.6 Å². The van der Waals surface area contributed by atoms with Gasteiger partial charge in [-0.3, -0.25) is 9.59 Å². The van der Waals surface area contributed by atoms with E-state index in [2.05, 4.69) is 22.5 Å². The highest BCUT2D eigenvalue weighted by molar-refractivity contribution is 7.10. The molecule has 2 amide bonds. The molecular weight excluding hydrogens is 278 g/mol. The molecule has 1 rings (SSSR count). The molecule has 0 spiro atoms. The Morgan fingerprint density at radius 2 is 2.25 bits per heavy atom. The molecule has 0 unspecified atom stereocenters. The lowest BCUT2D eigenvalue weighted by molar-refractivity contribution is -0.120. The van der Waals surface area contributed by atoms with Gasteiger partial charge >= 0.3 is 0 Å². The number of carbonyl (C=O) groups is 2. The maximum atomic E-state index is 11.8. The Morgan fingerprint density at radius 1 is 1.45 bits per heavy atom. The van der Waals surface area contributed by atoms with Crippen LogP contribution in [0, 0.1) is 11.8 Å². The number of hydrogen-bond acceptors (Lipinski definition) is 5. The maximum absolute atomic E-state index is 11.8. The summed E-state index contributed by atoms with van der Waals surface area (Å²) in [4.78, 5) is 23.9. The molecule has 108 valence electrons. The van der Waals surface area contributed by atoms with Gasteiger partial charge in [-0.1, -0.05) is 11.8 Å². The summed E-state index contributed by atoms with van der Waals surface area (Å²) >= 11 is 1.36. The highest BCUT2D eigenvalue weighted by Crippen LogP contribution is 2.13. The van der Waals surface area contributed by atoms with Crippen molar-refractivity contribution < 1.29 is 14.3 Å². The van der Waals surface area contributed by atoms with Gasteiger partial charge in [-0.15, -0.1) is 11.3 Å². The number of nitrogens with one attached hydrogen (secondary N) is 2. The van der Waals surface area contributed by atoms with Crippen LogP contribution < -0.4 is 16.4 Å². The lowest BCUT2D eigenvalue weighted by Gasteiger charge is -2.05. The van der Waals surface area contributed by atoms with E-state index in [0.29, 0.717) is 18.7 Å². The van der Waals surface area contributed by atoms with E-state index in [0.717, 1.165) is 4.88 Å². The number of methoxy groups -OCH3 is 1. The second-order valence-electron chi connectivity index (χ2n) is 3.73. The minimum Gasteiger partial charge on any atom is -0.383 e. The average Bonchev–Trinajstić information content (AvgIpc) is 2.91. The summed E-state index contributed by atoms with van der Waals surface area (Å²) in [6.07, 6.45) is 0. The molecule has 0 aliphatic heterocycles. The van der Waals surface area contributed by atoms with Gasteiger partial charge in [0.05, 0.1) is 30.1 Å². The van der Waals surface area contributed by atoms with Crippen molar-refractivity contribution in [3.63, 3.8) is 0 Å². The lowest BCUT2D eigenvalue weighted by atomic mass is 10.3. The third-order valence-electron chi connectivity index (χ3n) is 2.21. The molecule has 6 nitrogen and oxygen atoms in total. The number of thiophene rings is 1. The van der Waals surface area contributed by atoms with Crippen LogP contribution in [0.1, 0.15) is 15.2 Å². The molecule has 0 radical (unpaired) electrons. The van der Waals surface area contributed by atoms with Crippen LogP contribution in [0.15, 0.2) is 11.4 Å². The molecule has 20 heavy (non-hydrogen) atoms. The topological polar surface area (TPSA) is 93.5 Å². The third kappa shape index (κ3) is 5.84. The second-order valence-corrected chi connectivity index (χ2v) is 4.64. The van der Waals surface area contributed by atoms with Gasteiger partial charge < -0.3 is 21.1 Å². The first-order valence-electron chi connectivity index (χ1n) is 5.98. The van der Waals surface area contributed by atoms with Crippen LogP contribution in [0.3, 0.4) is 0 Å². The highest BCUT2D eigenvalue weighted by atomic mass is 32.1. The molecule has 0 fully saturated rings. The molecule has 0 bridgehead atoms. The van der Waals surface area contributed by atoms with E-state index in [1.165, 1.54) is 11.3 Å². The van der Waals surface area contributed by atoms with Crippen LogP contribution in [-0.2, 0) is 9.53 Å². The second kappa shape index (κ2) is 9.09. The summed E-state index contributed by atoms with van der Waals surface area (Å²) in [7, 11) is 1.55. The van der Waals surface area contributed by atoms with Crippen molar-refractivity contribution in [3.05, 3.63) is 21.9 Å². The quantitative estimate of drug-likeness (QED) is 0.489. The first-order chi connectivity index (χ1) is 9.67. The molecule has 1 heterocycles. The highest BCUT2D eigenvalue weighted by Gasteiger charge is 2.09. The van der Waals surface area contributed by atoms with Crippen molar-refractivity contribution in [3.8, 4) is 11.8 Å². The van der Waals surface area contributed by atoms with Gasteiger partial charge in [0.25, 0.3) is 5.91 Å². The Hall–Kier alpha value is -1.88. The van der Waals surface area contributed by atoms with Gasteiger partial charge in [0, 0.05) is 19.0 Å². The summed E-state index contributed by atoms with van der Waals surface area (Å²) < 4.78 is 4.80. The van der Waals surface area contributed by atoms with Gasteiger partial charge in [-0.25, -0.2) is 0 Å². The van der Waals surface area contributed by atoms with E-state index in [4.69, 9.17) is 10.5 Å². The van der Waals surface area contributed by atoms with Crippen molar-refractivity contribution >= 4 is 23.2 Å². The molecule has 0 saturated heterocycles. The smallest absolute Gasteiger partial charge is 0.252 e.